The lowest BCUT2D eigenvalue weighted by Gasteiger charge is -2.13. The Balaban J connectivity index is 2.11. The Kier molecular flexibility index (Phi) is 3.89. The van der Waals surface area contributed by atoms with Crippen molar-refractivity contribution in [1.82, 2.24) is 9.55 Å². The van der Waals surface area contributed by atoms with Crippen LogP contribution in [0.2, 0.25) is 0 Å². The number of nitrogens with zero attached hydrogens (tertiary/aromatic N) is 2. The summed E-state index contributed by atoms with van der Waals surface area (Å²) >= 11 is 0. The SMILES string of the molecule is COC(=O)Cn1c([C@@H](O)c2ccccc2)nc2ccccc21. The number of esters is 1. The molecule has 1 N–H and O–H groups in total. The molecule has 0 aliphatic heterocycles. The molecule has 0 saturated carbocycles. The van der Waals surface area contributed by atoms with Gasteiger partial charge in [-0.3, -0.25) is 4.79 Å². The summed E-state index contributed by atoms with van der Waals surface area (Å²) in [6, 6.07) is 16.7. The fourth-order valence-corrected chi connectivity index (χ4v) is 2.45. The van der Waals surface area contributed by atoms with Gasteiger partial charge < -0.3 is 14.4 Å². The van der Waals surface area contributed by atoms with E-state index in [2.05, 4.69) is 4.98 Å². The van der Waals surface area contributed by atoms with Gasteiger partial charge >= 0.3 is 5.97 Å². The molecule has 0 spiro atoms. The standard InChI is InChI=1S/C17H16N2O3/c1-22-15(20)11-19-14-10-6-5-9-13(14)18-17(19)16(21)12-7-3-2-4-8-12/h2-10,16,21H,11H2,1H3/t16-/m0/s1. The van der Waals surface area contributed by atoms with Crippen LogP contribution < -0.4 is 0 Å². The van der Waals surface area contributed by atoms with Crippen molar-refractivity contribution in [1.29, 1.82) is 0 Å². The number of fused-ring (bicyclic) bond motifs is 1. The lowest BCUT2D eigenvalue weighted by atomic mass is 10.1. The number of methoxy groups -OCH3 is 1. The van der Waals surface area contributed by atoms with E-state index in [0.717, 1.165) is 16.6 Å². The monoisotopic (exact) mass is 296 g/mol. The van der Waals surface area contributed by atoms with Gasteiger partial charge in [0.05, 0.1) is 18.1 Å². The van der Waals surface area contributed by atoms with Gasteiger partial charge in [-0.1, -0.05) is 42.5 Å². The van der Waals surface area contributed by atoms with Crippen molar-refractivity contribution < 1.29 is 14.6 Å². The van der Waals surface area contributed by atoms with E-state index in [1.165, 1.54) is 7.11 Å². The van der Waals surface area contributed by atoms with Gasteiger partial charge in [-0.2, -0.15) is 0 Å². The number of para-hydroxylation sites is 2. The number of aliphatic hydroxyl groups is 1. The molecule has 3 aromatic rings. The van der Waals surface area contributed by atoms with Crippen molar-refractivity contribution >= 4 is 17.0 Å². The highest BCUT2D eigenvalue weighted by Gasteiger charge is 2.21. The zero-order valence-corrected chi connectivity index (χ0v) is 12.1. The molecule has 1 heterocycles. The Hall–Kier alpha value is -2.66. The smallest absolute Gasteiger partial charge is 0.325 e. The summed E-state index contributed by atoms with van der Waals surface area (Å²) in [7, 11) is 1.34. The topological polar surface area (TPSA) is 64.3 Å². The summed E-state index contributed by atoms with van der Waals surface area (Å²) in [5.41, 5.74) is 2.25. The van der Waals surface area contributed by atoms with Crippen molar-refractivity contribution in [2.45, 2.75) is 12.6 Å². The molecule has 0 saturated heterocycles. The number of carbonyl (C=O) groups excluding carboxylic acids is 1. The molecule has 2 aromatic carbocycles. The second kappa shape index (κ2) is 5.99. The first kappa shape index (κ1) is 14.3. The molecular weight excluding hydrogens is 280 g/mol. The van der Waals surface area contributed by atoms with Gasteiger partial charge in [-0.25, -0.2) is 4.98 Å². The van der Waals surface area contributed by atoms with Crippen molar-refractivity contribution in [3.8, 4) is 0 Å². The van der Waals surface area contributed by atoms with Crippen molar-refractivity contribution in [3.05, 3.63) is 66.0 Å². The molecule has 112 valence electrons. The van der Waals surface area contributed by atoms with Crippen LogP contribution in [0, 0.1) is 0 Å². The van der Waals surface area contributed by atoms with Crippen LogP contribution in [0.1, 0.15) is 17.5 Å². The number of carbonyl (C=O) groups is 1. The van der Waals surface area contributed by atoms with Gasteiger partial charge in [0.1, 0.15) is 18.5 Å². The van der Waals surface area contributed by atoms with E-state index in [0.29, 0.717) is 5.82 Å². The molecule has 22 heavy (non-hydrogen) atoms. The van der Waals surface area contributed by atoms with E-state index in [1.807, 2.05) is 54.6 Å². The third-order valence-electron chi connectivity index (χ3n) is 3.56. The van der Waals surface area contributed by atoms with Crippen LogP contribution in [0.3, 0.4) is 0 Å². The number of hydrogen-bond acceptors (Lipinski definition) is 4. The van der Waals surface area contributed by atoms with Crippen molar-refractivity contribution in [2.24, 2.45) is 0 Å². The van der Waals surface area contributed by atoms with E-state index in [1.54, 1.807) is 4.57 Å². The molecule has 5 heteroatoms. The minimum atomic E-state index is -0.904. The summed E-state index contributed by atoms with van der Waals surface area (Å²) in [5.74, 6) is 0.0439. The van der Waals surface area contributed by atoms with Crippen molar-refractivity contribution in [3.63, 3.8) is 0 Å². The molecular formula is C17H16N2O3. The number of hydrogen-bond donors (Lipinski definition) is 1. The highest BCUT2D eigenvalue weighted by Crippen LogP contribution is 2.25. The van der Waals surface area contributed by atoms with Crippen molar-refractivity contribution in [2.75, 3.05) is 7.11 Å². The molecule has 0 unspecified atom stereocenters. The second-order valence-electron chi connectivity index (χ2n) is 4.93. The average molecular weight is 296 g/mol. The maximum atomic E-state index is 11.7. The Morgan fingerprint density at radius 2 is 1.86 bits per heavy atom. The Bertz CT molecular complexity index is 796. The summed E-state index contributed by atoms with van der Waals surface area (Å²) in [4.78, 5) is 16.2. The Labute approximate surface area is 127 Å². The van der Waals surface area contributed by atoms with Crippen LogP contribution in [0.4, 0.5) is 0 Å². The van der Waals surface area contributed by atoms with Gasteiger partial charge in [0, 0.05) is 0 Å². The van der Waals surface area contributed by atoms with Gasteiger partial charge in [0.2, 0.25) is 0 Å². The maximum Gasteiger partial charge on any atom is 0.325 e. The molecule has 0 bridgehead atoms. The van der Waals surface area contributed by atoms with Gasteiger partial charge in [0.15, 0.2) is 0 Å². The zero-order valence-electron chi connectivity index (χ0n) is 12.1. The van der Waals surface area contributed by atoms with E-state index in [9.17, 15) is 9.90 Å². The number of aliphatic hydroxyl groups excluding tert-OH is 1. The third kappa shape index (κ3) is 2.58. The molecule has 0 fully saturated rings. The second-order valence-corrected chi connectivity index (χ2v) is 4.93. The number of ether oxygens (including phenoxy) is 1. The number of imidazole rings is 1. The van der Waals surface area contributed by atoms with E-state index in [-0.39, 0.29) is 12.5 Å². The largest absolute Gasteiger partial charge is 0.468 e. The van der Waals surface area contributed by atoms with Crippen LogP contribution in [-0.2, 0) is 16.1 Å². The van der Waals surface area contributed by atoms with E-state index in [4.69, 9.17) is 4.74 Å². The fraction of sp³-hybridized carbons (Fsp3) is 0.176. The summed E-state index contributed by atoms with van der Waals surface area (Å²) in [6.45, 7) is 0.0102. The minimum absolute atomic E-state index is 0.0102. The summed E-state index contributed by atoms with van der Waals surface area (Å²) in [5, 5.41) is 10.6. The predicted molar refractivity (Wildman–Crippen MR) is 82.3 cm³/mol. The first-order valence-corrected chi connectivity index (χ1v) is 6.95. The number of aromatic nitrogens is 2. The molecule has 0 amide bonds. The predicted octanol–water partition coefficient (Wildman–Crippen LogP) is 2.29. The first-order chi connectivity index (χ1) is 10.7. The Morgan fingerprint density at radius 1 is 1.18 bits per heavy atom. The number of rotatable bonds is 4. The zero-order chi connectivity index (χ0) is 15.5. The molecule has 0 radical (unpaired) electrons. The highest BCUT2D eigenvalue weighted by molar-refractivity contribution is 5.79. The van der Waals surface area contributed by atoms with E-state index < -0.39 is 6.10 Å². The van der Waals surface area contributed by atoms with Gasteiger partial charge in [-0.15, -0.1) is 0 Å². The van der Waals surface area contributed by atoms with Crippen LogP contribution in [0.25, 0.3) is 11.0 Å². The third-order valence-corrected chi connectivity index (χ3v) is 3.56. The molecule has 1 aromatic heterocycles. The lowest BCUT2D eigenvalue weighted by molar-refractivity contribution is -0.141. The molecule has 5 nitrogen and oxygen atoms in total. The lowest BCUT2D eigenvalue weighted by Crippen LogP contribution is -2.16. The minimum Gasteiger partial charge on any atom is -0.468 e. The van der Waals surface area contributed by atoms with Crippen LogP contribution >= 0.6 is 0 Å². The molecule has 0 aliphatic carbocycles. The molecule has 0 aliphatic rings. The maximum absolute atomic E-state index is 11.7. The van der Waals surface area contributed by atoms with Gasteiger partial charge in [0.25, 0.3) is 0 Å². The highest BCUT2D eigenvalue weighted by atomic mass is 16.5. The summed E-state index contributed by atoms with van der Waals surface area (Å²) < 4.78 is 6.44. The number of benzene rings is 2. The first-order valence-electron chi connectivity index (χ1n) is 6.95. The molecule has 3 rings (SSSR count). The summed E-state index contributed by atoms with van der Waals surface area (Å²) in [6.07, 6.45) is -0.904. The van der Waals surface area contributed by atoms with Gasteiger partial charge in [-0.05, 0) is 17.7 Å². The quantitative estimate of drug-likeness (QED) is 0.750. The average Bonchev–Trinajstić information content (AvgIpc) is 2.93. The van der Waals surface area contributed by atoms with E-state index >= 15 is 0 Å². The fourth-order valence-electron chi connectivity index (χ4n) is 2.45. The van der Waals surface area contributed by atoms with Crippen LogP contribution in [0.15, 0.2) is 54.6 Å². The van der Waals surface area contributed by atoms with Crippen LogP contribution in [-0.4, -0.2) is 27.7 Å². The van der Waals surface area contributed by atoms with Crippen LogP contribution in [0.5, 0.6) is 0 Å². The normalized spacial score (nSPS) is 12.3. The Morgan fingerprint density at radius 3 is 2.59 bits per heavy atom. The molecule has 1 atom stereocenters.